The summed E-state index contributed by atoms with van der Waals surface area (Å²) in [4.78, 5) is 24.2. The minimum atomic E-state index is -0.336. The highest BCUT2D eigenvalue weighted by Gasteiger charge is 2.08. The van der Waals surface area contributed by atoms with Crippen LogP contribution in [0.1, 0.15) is 27.9 Å². The molecule has 3 aromatic carbocycles. The first-order valence-electron chi connectivity index (χ1n) is 10.4. The highest BCUT2D eigenvalue weighted by atomic mass is 35.5. The number of hydrazone groups is 1. The van der Waals surface area contributed by atoms with Crippen molar-refractivity contribution in [1.29, 1.82) is 0 Å². The van der Waals surface area contributed by atoms with E-state index in [1.54, 1.807) is 55.6 Å². The average molecular weight is 500 g/mol. The van der Waals surface area contributed by atoms with Gasteiger partial charge in [-0.25, -0.2) is 5.43 Å². The SMILES string of the molecule is COc1ccc(C(=O)NCCC(=O)NN=Cc2ccccc2OCc2ccc(Cl)cc2Cl)cc1. The van der Waals surface area contributed by atoms with Crippen molar-refractivity contribution >= 4 is 41.2 Å². The summed E-state index contributed by atoms with van der Waals surface area (Å²) >= 11 is 12.1. The van der Waals surface area contributed by atoms with Crippen LogP contribution >= 0.6 is 23.2 Å². The van der Waals surface area contributed by atoms with E-state index in [2.05, 4.69) is 15.8 Å². The molecule has 9 heteroatoms. The fraction of sp³-hybridized carbons (Fsp3) is 0.160. The molecule has 0 radical (unpaired) electrons. The molecule has 0 aromatic heterocycles. The number of methoxy groups -OCH3 is 1. The largest absolute Gasteiger partial charge is 0.497 e. The van der Waals surface area contributed by atoms with Crippen LogP contribution in [0, 0.1) is 0 Å². The van der Waals surface area contributed by atoms with E-state index < -0.39 is 0 Å². The zero-order valence-corrected chi connectivity index (χ0v) is 19.9. The van der Waals surface area contributed by atoms with Gasteiger partial charge in [-0.2, -0.15) is 5.10 Å². The molecule has 0 aliphatic heterocycles. The van der Waals surface area contributed by atoms with Gasteiger partial charge in [0.1, 0.15) is 18.1 Å². The standard InChI is InChI=1S/C25H23Cl2N3O4/c1-33-21-10-7-17(8-11-21)25(32)28-13-12-24(31)30-29-15-18-4-2-3-5-23(18)34-16-19-6-9-20(26)14-22(19)27/h2-11,14-15H,12-13,16H2,1H3,(H,28,32)(H,30,31). The second kappa shape index (κ2) is 12.6. The Morgan fingerprint density at radius 1 is 1.03 bits per heavy atom. The van der Waals surface area contributed by atoms with Gasteiger partial charge in [0.15, 0.2) is 0 Å². The molecule has 34 heavy (non-hydrogen) atoms. The Morgan fingerprint density at radius 3 is 2.53 bits per heavy atom. The van der Waals surface area contributed by atoms with Crippen LogP contribution in [0.2, 0.25) is 10.0 Å². The van der Waals surface area contributed by atoms with E-state index in [1.807, 2.05) is 18.2 Å². The molecule has 176 valence electrons. The van der Waals surface area contributed by atoms with E-state index in [9.17, 15) is 9.59 Å². The molecule has 0 unspecified atom stereocenters. The molecule has 3 rings (SSSR count). The molecule has 7 nitrogen and oxygen atoms in total. The van der Waals surface area contributed by atoms with Gasteiger partial charge in [0.25, 0.3) is 5.91 Å². The monoisotopic (exact) mass is 499 g/mol. The maximum Gasteiger partial charge on any atom is 0.251 e. The number of ether oxygens (including phenoxy) is 2. The Labute approximate surface area is 207 Å². The smallest absolute Gasteiger partial charge is 0.251 e. The van der Waals surface area contributed by atoms with E-state index in [0.717, 1.165) is 5.56 Å². The van der Waals surface area contributed by atoms with E-state index in [-0.39, 0.29) is 31.4 Å². The number of carbonyl (C=O) groups excluding carboxylic acids is 2. The number of carbonyl (C=O) groups is 2. The molecule has 0 heterocycles. The van der Waals surface area contributed by atoms with Gasteiger partial charge in [0.05, 0.1) is 13.3 Å². The summed E-state index contributed by atoms with van der Waals surface area (Å²) in [5, 5.41) is 7.75. The average Bonchev–Trinajstić information content (AvgIpc) is 2.84. The molecule has 0 spiro atoms. The molecule has 0 aliphatic rings. The predicted octanol–water partition coefficient (Wildman–Crippen LogP) is 4.85. The number of halogens is 2. The van der Waals surface area contributed by atoms with Gasteiger partial charge >= 0.3 is 0 Å². The van der Waals surface area contributed by atoms with E-state index >= 15 is 0 Å². The van der Waals surface area contributed by atoms with Crippen molar-refractivity contribution in [3.8, 4) is 11.5 Å². The molecular formula is C25H23Cl2N3O4. The fourth-order valence-electron chi connectivity index (χ4n) is 2.88. The summed E-state index contributed by atoms with van der Waals surface area (Å²) in [6.07, 6.45) is 1.57. The maximum absolute atomic E-state index is 12.1. The van der Waals surface area contributed by atoms with Crippen molar-refractivity contribution in [1.82, 2.24) is 10.7 Å². The van der Waals surface area contributed by atoms with Crippen molar-refractivity contribution in [3.05, 3.63) is 93.5 Å². The summed E-state index contributed by atoms with van der Waals surface area (Å²) in [5.41, 5.74) is 4.41. The maximum atomic E-state index is 12.1. The lowest BCUT2D eigenvalue weighted by molar-refractivity contribution is -0.120. The highest BCUT2D eigenvalue weighted by Crippen LogP contribution is 2.24. The van der Waals surface area contributed by atoms with Crippen LogP contribution in [0.5, 0.6) is 11.5 Å². The van der Waals surface area contributed by atoms with Crippen LogP contribution in [-0.2, 0) is 11.4 Å². The lowest BCUT2D eigenvalue weighted by Crippen LogP contribution is -2.29. The normalized spacial score (nSPS) is 10.7. The van der Waals surface area contributed by atoms with Gasteiger partial charge in [-0.05, 0) is 48.5 Å². The first-order valence-corrected chi connectivity index (χ1v) is 11.1. The van der Waals surface area contributed by atoms with Crippen LogP contribution in [-0.4, -0.2) is 31.7 Å². The fourth-order valence-corrected chi connectivity index (χ4v) is 3.34. The third kappa shape index (κ3) is 7.50. The molecular weight excluding hydrogens is 477 g/mol. The third-order valence-corrected chi connectivity index (χ3v) is 5.29. The van der Waals surface area contributed by atoms with Crippen LogP contribution in [0.25, 0.3) is 0 Å². The summed E-state index contributed by atoms with van der Waals surface area (Å²) in [6.45, 7) is 0.425. The van der Waals surface area contributed by atoms with Gasteiger partial charge in [-0.3, -0.25) is 9.59 Å². The van der Waals surface area contributed by atoms with Crippen molar-refractivity contribution in [2.75, 3.05) is 13.7 Å². The second-order valence-corrected chi connectivity index (χ2v) is 7.93. The minimum Gasteiger partial charge on any atom is -0.497 e. The van der Waals surface area contributed by atoms with Crippen LogP contribution in [0.15, 0.2) is 71.8 Å². The topological polar surface area (TPSA) is 89.0 Å². The molecule has 3 aromatic rings. The molecule has 0 bridgehead atoms. The van der Waals surface area contributed by atoms with Gasteiger partial charge < -0.3 is 14.8 Å². The van der Waals surface area contributed by atoms with Crippen molar-refractivity contribution in [2.24, 2.45) is 5.10 Å². The number of nitrogens with zero attached hydrogens (tertiary/aromatic N) is 1. The van der Waals surface area contributed by atoms with Gasteiger partial charge in [-0.15, -0.1) is 0 Å². The lowest BCUT2D eigenvalue weighted by atomic mass is 10.2. The molecule has 0 saturated heterocycles. The van der Waals surface area contributed by atoms with Crippen molar-refractivity contribution in [3.63, 3.8) is 0 Å². The molecule has 0 saturated carbocycles. The first-order chi connectivity index (χ1) is 16.5. The van der Waals surface area contributed by atoms with Crippen molar-refractivity contribution in [2.45, 2.75) is 13.0 Å². The van der Waals surface area contributed by atoms with E-state index in [0.29, 0.717) is 32.7 Å². The molecule has 0 atom stereocenters. The van der Waals surface area contributed by atoms with Crippen LogP contribution < -0.4 is 20.2 Å². The first kappa shape index (κ1) is 25.1. The Bertz CT molecular complexity index is 1170. The van der Waals surface area contributed by atoms with Gasteiger partial charge in [-0.1, -0.05) is 41.4 Å². The highest BCUT2D eigenvalue weighted by molar-refractivity contribution is 6.35. The molecule has 2 N–H and O–H groups in total. The van der Waals surface area contributed by atoms with Crippen LogP contribution in [0.3, 0.4) is 0 Å². The summed E-state index contributed by atoms with van der Waals surface area (Å²) in [7, 11) is 1.55. The molecule has 2 amide bonds. The Hall–Kier alpha value is -3.55. The quantitative estimate of drug-likeness (QED) is 0.308. The third-order valence-electron chi connectivity index (χ3n) is 4.70. The molecule has 0 fully saturated rings. The zero-order chi connectivity index (χ0) is 24.3. The summed E-state index contributed by atoms with van der Waals surface area (Å²) in [6, 6.07) is 19.2. The minimum absolute atomic E-state index is 0.0758. The van der Waals surface area contributed by atoms with Gasteiger partial charge in [0.2, 0.25) is 5.91 Å². The van der Waals surface area contributed by atoms with Crippen molar-refractivity contribution < 1.29 is 19.1 Å². The number of hydrogen-bond donors (Lipinski definition) is 2. The number of amides is 2. The van der Waals surface area contributed by atoms with Gasteiger partial charge in [0, 0.05) is 39.7 Å². The lowest BCUT2D eigenvalue weighted by Gasteiger charge is -2.10. The Morgan fingerprint density at radius 2 is 1.79 bits per heavy atom. The number of benzene rings is 3. The number of nitrogens with one attached hydrogen (secondary N) is 2. The van der Waals surface area contributed by atoms with Crippen LogP contribution in [0.4, 0.5) is 0 Å². The Kier molecular flexibility index (Phi) is 9.31. The van der Waals surface area contributed by atoms with E-state index in [4.69, 9.17) is 32.7 Å². The second-order valence-electron chi connectivity index (χ2n) is 7.09. The predicted molar refractivity (Wildman–Crippen MR) is 133 cm³/mol. The zero-order valence-electron chi connectivity index (χ0n) is 18.4. The van der Waals surface area contributed by atoms with E-state index in [1.165, 1.54) is 6.21 Å². The molecule has 0 aliphatic carbocycles. The number of para-hydroxylation sites is 1. The Balaban J connectivity index is 1.46. The summed E-state index contributed by atoms with van der Waals surface area (Å²) in [5.74, 6) is 0.635. The number of hydrogen-bond acceptors (Lipinski definition) is 5. The number of rotatable bonds is 10. The summed E-state index contributed by atoms with van der Waals surface area (Å²) < 4.78 is 10.9.